The first kappa shape index (κ1) is 30.1. The molecule has 0 aromatic carbocycles. The van der Waals surface area contributed by atoms with E-state index in [0.29, 0.717) is 13.0 Å². The number of aliphatic hydroxyl groups is 1. The summed E-state index contributed by atoms with van der Waals surface area (Å²) in [6.45, 7) is 1.44. The molecule has 0 saturated carbocycles. The van der Waals surface area contributed by atoms with Crippen LogP contribution in [0.1, 0.15) is 26.2 Å². The molecule has 13 N–H and O–H groups in total. The van der Waals surface area contributed by atoms with Crippen molar-refractivity contribution in [2.24, 2.45) is 17.2 Å². The predicted octanol–water partition coefficient (Wildman–Crippen LogP) is -2.94. The molecule has 0 heterocycles. The van der Waals surface area contributed by atoms with Crippen LogP contribution in [0.15, 0.2) is 0 Å². The number of nitrogens with one attached hydrogen (secondary N) is 1. The Morgan fingerprint density at radius 2 is 1.48 bits per heavy atom. The van der Waals surface area contributed by atoms with Crippen LogP contribution in [0.25, 0.3) is 0 Å². The highest BCUT2D eigenvalue weighted by Crippen LogP contribution is 2.29. The summed E-state index contributed by atoms with van der Waals surface area (Å²) < 4.78 is 10.3. The Kier molecular flexibility index (Phi) is 18.4. The predicted molar refractivity (Wildman–Crippen MR) is 93.5 cm³/mol. The van der Waals surface area contributed by atoms with Crippen LogP contribution in [0, 0.1) is 0 Å². The minimum Gasteiger partial charge on any atom is -0.480 e. The first-order valence-electron chi connectivity index (χ1n) is 7.54. The average molecular weight is 420 g/mol. The molecular weight excluding hydrogens is 391 g/mol. The molecule has 0 aromatic heterocycles. The lowest BCUT2D eigenvalue weighted by molar-refractivity contribution is -0.142. The van der Waals surface area contributed by atoms with E-state index in [1.54, 1.807) is 0 Å². The highest BCUT2D eigenvalue weighted by molar-refractivity contribution is 7.49. The third-order valence-corrected chi connectivity index (χ3v) is 3.13. The van der Waals surface area contributed by atoms with Crippen LogP contribution in [0.3, 0.4) is 0 Å². The maximum absolute atomic E-state index is 10.3. The van der Waals surface area contributed by atoms with Gasteiger partial charge in [-0.2, -0.15) is 0 Å². The minimum absolute atomic E-state index is 0.278. The first-order valence-corrected chi connectivity index (χ1v) is 9.15. The zero-order chi connectivity index (χ0) is 22.2. The second-order valence-corrected chi connectivity index (χ2v) is 6.40. The molecule has 0 radical (unpaired) electrons. The number of rotatable bonds is 10. The molecule has 0 aliphatic carbocycles. The number of carboxylic acids is 3. The van der Waals surface area contributed by atoms with Crippen molar-refractivity contribution in [3.05, 3.63) is 0 Å². The molecular formula is C12H29N4O10P. The van der Waals surface area contributed by atoms with Crippen LogP contribution < -0.4 is 22.3 Å². The molecule has 0 saturated heterocycles. The van der Waals surface area contributed by atoms with E-state index in [1.807, 2.05) is 0 Å². The molecule has 0 fully saturated rings. The van der Waals surface area contributed by atoms with Crippen LogP contribution in [-0.2, 0) is 18.9 Å². The second kappa shape index (κ2) is 16.5. The van der Waals surface area contributed by atoms with E-state index < -0.39 is 43.8 Å². The van der Waals surface area contributed by atoms with Crippen LogP contribution >= 0.6 is 7.75 Å². The van der Waals surface area contributed by atoms with Crippen molar-refractivity contribution in [1.82, 2.24) is 5.09 Å². The van der Waals surface area contributed by atoms with Gasteiger partial charge >= 0.3 is 25.7 Å². The van der Waals surface area contributed by atoms with Gasteiger partial charge in [-0.1, -0.05) is 6.42 Å². The van der Waals surface area contributed by atoms with Crippen molar-refractivity contribution < 1.29 is 49.2 Å². The maximum atomic E-state index is 10.3. The van der Waals surface area contributed by atoms with Gasteiger partial charge in [-0.05, 0) is 26.3 Å². The summed E-state index contributed by atoms with van der Waals surface area (Å²) in [5.41, 5.74) is 15.0. The number of aliphatic hydroxyl groups excluding tert-OH is 1. The topological polar surface area (TPSA) is 280 Å². The van der Waals surface area contributed by atoms with Gasteiger partial charge in [-0.25, -0.2) is 9.65 Å². The Morgan fingerprint density at radius 1 is 1.04 bits per heavy atom. The number of nitrogens with two attached hydrogens (primary N) is 3. The molecule has 162 valence electrons. The summed E-state index contributed by atoms with van der Waals surface area (Å²) in [6.07, 6.45) is 0.785. The monoisotopic (exact) mass is 420 g/mol. The Morgan fingerprint density at radius 3 is 1.67 bits per heavy atom. The molecule has 0 rings (SSSR count). The number of unbranched alkanes of at least 4 members (excludes halogenated alkanes) is 1. The molecule has 0 unspecified atom stereocenters. The number of hydrogen-bond acceptors (Lipinski definition) is 8. The molecule has 3 atom stereocenters. The third kappa shape index (κ3) is 24.4. The summed E-state index contributed by atoms with van der Waals surface area (Å²) in [4.78, 5) is 46.3. The van der Waals surface area contributed by atoms with E-state index in [0.717, 1.165) is 19.8 Å². The molecule has 0 bridgehead atoms. The number of hydrogen-bond donors (Lipinski definition) is 10. The van der Waals surface area contributed by atoms with Crippen LogP contribution in [0.5, 0.6) is 0 Å². The molecule has 0 aliphatic rings. The lowest BCUT2D eigenvalue weighted by Gasteiger charge is -2.17. The van der Waals surface area contributed by atoms with Gasteiger partial charge in [0.2, 0.25) is 0 Å². The maximum Gasteiger partial charge on any atom is 0.401 e. The Hall–Kier alpha value is -1.64. The zero-order valence-electron chi connectivity index (χ0n) is 14.8. The van der Waals surface area contributed by atoms with Gasteiger partial charge in [-0.3, -0.25) is 14.4 Å². The molecule has 0 aromatic rings. The molecule has 15 heteroatoms. The fourth-order valence-corrected chi connectivity index (χ4v) is 1.87. The van der Waals surface area contributed by atoms with Crippen molar-refractivity contribution in [2.75, 3.05) is 13.1 Å². The lowest BCUT2D eigenvalue weighted by Crippen LogP contribution is -2.42. The fraction of sp³-hybridized carbons (Fsp3) is 0.750. The Bertz CT molecular complexity index is 485. The van der Waals surface area contributed by atoms with Crippen molar-refractivity contribution in [1.29, 1.82) is 0 Å². The Labute approximate surface area is 155 Å². The van der Waals surface area contributed by atoms with E-state index in [9.17, 15) is 18.9 Å². The summed E-state index contributed by atoms with van der Waals surface area (Å²) in [5.74, 6) is -3.42. The standard InChI is InChI=1S/C6H14N2O2.C4H10NO6P.C2H5NO2/c7-4-2-1-3-5(8)6(9)10;1-2(6)3(4(7)8)5-12(9,10)11;3-1-2(4)5/h5H,1-4,7-8H2,(H,9,10);2-3,6H,1H3,(H,7,8)(H3,5,9,10,11);1,3H2,(H,4,5)/t5-;2-,3+;/m01./s1. The largest absolute Gasteiger partial charge is 0.480 e. The van der Waals surface area contributed by atoms with Crippen molar-refractivity contribution in [2.45, 2.75) is 44.4 Å². The SMILES string of the molecule is C[C@@H](O)[C@H](NP(=O)(O)O)C(=O)O.NCC(=O)O.NCCCC[C@H](N)C(=O)O. The van der Waals surface area contributed by atoms with Gasteiger partial charge in [0.15, 0.2) is 0 Å². The lowest BCUT2D eigenvalue weighted by atomic mass is 10.1. The fourth-order valence-electron chi connectivity index (χ4n) is 1.18. The molecule has 27 heavy (non-hydrogen) atoms. The normalized spacial score (nSPS) is 13.7. The van der Waals surface area contributed by atoms with Crippen LogP contribution in [-0.4, -0.2) is 79.4 Å². The van der Waals surface area contributed by atoms with Gasteiger partial charge in [-0.15, -0.1) is 0 Å². The zero-order valence-corrected chi connectivity index (χ0v) is 15.7. The second-order valence-electron chi connectivity index (χ2n) is 5.06. The minimum atomic E-state index is -4.62. The van der Waals surface area contributed by atoms with Gasteiger partial charge in [0, 0.05) is 0 Å². The van der Waals surface area contributed by atoms with Gasteiger partial charge in [0.25, 0.3) is 0 Å². The third-order valence-electron chi connectivity index (χ3n) is 2.52. The first-order chi connectivity index (χ1) is 12.2. The molecule has 0 spiro atoms. The van der Waals surface area contributed by atoms with E-state index in [2.05, 4.69) is 5.73 Å². The highest BCUT2D eigenvalue weighted by atomic mass is 31.2. The van der Waals surface area contributed by atoms with Crippen molar-refractivity contribution in [3.63, 3.8) is 0 Å². The van der Waals surface area contributed by atoms with E-state index in [1.165, 1.54) is 5.09 Å². The van der Waals surface area contributed by atoms with E-state index >= 15 is 0 Å². The van der Waals surface area contributed by atoms with E-state index in [-0.39, 0.29) is 6.54 Å². The Balaban J connectivity index is -0.000000347. The van der Waals surface area contributed by atoms with Gasteiger partial charge < -0.3 is 47.4 Å². The number of carboxylic acid groups (broad SMARTS) is 3. The molecule has 0 amide bonds. The van der Waals surface area contributed by atoms with Gasteiger partial charge in [0.05, 0.1) is 12.6 Å². The van der Waals surface area contributed by atoms with Crippen LogP contribution in [0.4, 0.5) is 0 Å². The quantitative estimate of drug-likeness (QED) is 0.125. The van der Waals surface area contributed by atoms with Crippen molar-refractivity contribution >= 4 is 25.7 Å². The summed E-state index contributed by atoms with van der Waals surface area (Å²) in [6, 6.07) is -2.38. The summed E-state index contributed by atoms with van der Waals surface area (Å²) >= 11 is 0. The summed E-state index contributed by atoms with van der Waals surface area (Å²) in [7, 11) is -4.62. The van der Waals surface area contributed by atoms with Gasteiger partial charge in [0.1, 0.15) is 12.1 Å². The molecule has 14 nitrogen and oxygen atoms in total. The highest BCUT2D eigenvalue weighted by Gasteiger charge is 2.29. The van der Waals surface area contributed by atoms with Crippen molar-refractivity contribution in [3.8, 4) is 0 Å². The summed E-state index contributed by atoms with van der Waals surface area (Å²) in [5, 5.41) is 34.5. The smallest absolute Gasteiger partial charge is 0.401 e. The van der Waals surface area contributed by atoms with Crippen LogP contribution in [0.2, 0.25) is 0 Å². The number of carbonyl (C=O) groups is 3. The molecule has 0 aliphatic heterocycles. The number of aliphatic carboxylic acids is 3. The average Bonchev–Trinajstić information content (AvgIpc) is 2.52. The van der Waals surface area contributed by atoms with E-state index in [4.69, 9.17) is 41.7 Å².